The molecule has 8 heteroatoms. The van der Waals surface area contributed by atoms with E-state index in [0.717, 1.165) is 11.3 Å². The van der Waals surface area contributed by atoms with Crippen molar-refractivity contribution in [1.82, 2.24) is 9.88 Å². The van der Waals surface area contributed by atoms with Gasteiger partial charge in [-0.1, -0.05) is 0 Å². The first-order valence-corrected chi connectivity index (χ1v) is 7.47. The van der Waals surface area contributed by atoms with Crippen LogP contribution in [0.4, 0.5) is 13.2 Å². The standard InChI is InChI=1S/C13H19F3N2O2S/c1-8-17-11(13(14,15)16)10(21-8)5-18-4-9(6-19)20-12(2,3)7-18/h9,19H,4-7H2,1-3H3. The van der Waals surface area contributed by atoms with Crippen LogP contribution in [0, 0.1) is 6.92 Å². The molecule has 1 atom stereocenters. The topological polar surface area (TPSA) is 45.6 Å². The Morgan fingerprint density at radius 1 is 1.48 bits per heavy atom. The zero-order valence-electron chi connectivity index (χ0n) is 12.2. The van der Waals surface area contributed by atoms with Crippen LogP contribution < -0.4 is 0 Å². The fourth-order valence-corrected chi connectivity index (χ4v) is 3.63. The van der Waals surface area contributed by atoms with Gasteiger partial charge in [-0.15, -0.1) is 11.3 Å². The number of nitrogens with zero attached hydrogens (tertiary/aromatic N) is 2. The molecule has 0 spiro atoms. The first-order chi connectivity index (χ1) is 9.60. The normalized spacial score (nSPS) is 23.5. The van der Waals surface area contributed by atoms with Crippen LogP contribution in [0.3, 0.4) is 0 Å². The highest BCUT2D eigenvalue weighted by Crippen LogP contribution is 2.35. The summed E-state index contributed by atoms with van der Waals surface area (Å²) in [4.78, 5) is 5.71. The highest BCUT2D eigenvalue weighted by Gasteiger charge is 2.39. The third kappa shape index (κ3) is 4.15. The molecular formula is C13H19F3N2O2S. The summed E-state index contributed by atoms with van der Waals surface area (Å²) < 4.78 is 44.6. The molecular weight excluding hydrogens is 305 g/mol. The molecule has 0 radical (unpaired) electrons. The molecule has 1 fully saturated rings. The fraction of sp³-hybridized carbons (Fsp3) is 0.769. The molecule has 0 aliphatic carbocycles. The quantitative estimate of drug-likeness (QED) is 0.928. The minimum absolute atomic E-state index is 0.145. The summed E-state index contributed by atoms with van der Waals surface area (Å²) in [7, 11) is 0. The third-order valence-corrected chi connectivity index (χ3v) is 4.15. The molecule has 0 bridgehead atoms. The lowest BCUT2D eigenvalue weighted by atomic mass is 10.1. The summed E-state index contributed by atoms with van der Waals surface area (Å²) >= 11 is 1.07. The van der Waals surface area contributed by atoms with Gasteiger partial charge in [-0.2, -0.15) is 13.2 Å². The number of halogens is 3. The van der Waals surface area contributed by atoms with Gasteiger partial charge in [-0.05, 0) is 20.8 Å². The zero-order valence-corrected chi connectivity index (χ0v) is 13.0. The molecule has 1 aromatic heterocycles. The van der Waals surface area contributed by atoms with Crippen LogP contribution in [0.5, 0.6) is 0 Å². The van der Waals surface area contributed by atoms with E-state index in [-0.39, 0.29) is 24.1 Å². The van der Waals surface area contributed by atoms with Crippen molar-refractivity contribution < 1.29 is 23.0 Å². The number of thiazole rings is 1. The van der Waals surface area contributed by atoms with Gasteiger partial charge in [-0.3, -0.25) is 4.90 Å². The maximum absolute atomic E-state index is 13.0. The van der Waals surface area contributed by atoms with E-state index in [1.807, 2.05) is 18.7 Å². The molecule has 1 aliphatic rings. The molecule has 1 aromatic rings. The largest absolute Gasteiger partial charge is 0.434 e. The van der Waals surface area contributed by atoms with E-state index in [2.05, 4.69) is 4.98 Å². The predicted octanol–water partition coefficient (Wildman–Crippen LogP) is 2.44. The number of hydrogen-bond donors (Lipinski definition) is 1. The van der Waals surface area contributed by atoms with Crippen LogP contribution in [0.1, 0.15) is 29.4 Å². The second-order valence-corrected chi connectivity index (χ2v) is 7.14. The summed E-state index contributed by atoms with van der Waals surface area (Å²) in [6, 6.07) is 0. The van der Waals surface area contributed by atoms with Crippen molar-refractivity contribution in [1.29, 1.82) is 0 Å². The number of rotatable bonds is 3. The summed E-state index contributed by atoms with van der Waals surface area (Å²) in [5.41, 5.74) is -1.29. The van der Waals surface area contributed by atoms with E-state index in [4.69, 9.17) is 4.74 Å². The summed E-state index contributed by atoms with van der Waals surface area (Å²) in [6.45, 7) is 6.25. The Morgan fingerprint density at radius 2 is 2.14 bits per heavy atom. The number of aryl methyl sites for hydroxylation is 1. The van der Waals surface area contributed by atoms with Crippen LogP contribution in [0.2, 0.25) is 0 Å². The maximum atomic E-state index is 13.0. The number of aromatic nitrogens is 1. The van der Waals surface area contributed by atoms with E-state index >= 15 is 0 Å². The van der Waals surface area contributed by atoms with Crippen molar-refractivity contribution in [3.8, 4) is 0 Å². The van der Waals surface area contributed by atoms with E-state index in [0.29, 0.717) is 18.1 Å². The molecule has 1 saturated heterocycles. The molecule has 1 unspecified atom stereocenters. The van der Waals surface area contributed by atoms with E-state index in [9.17, 15) is 18.3 Å². The average molecular weight is 324 g/mol. The first kappa shape index (κ1) is 16.7. The highest BCUT2D eigenvalue weighted by atomic mass is 32.1. The molecule has 1 N–H and O–H groups in total. The van der Waals surface area contributed by atoms with E-state index in [1.54, 1.807) is 6.92 Å². The SMILES string of the molecule is Cc1nc(C(F)(F)F)c(CN2CC(CO)OC(C)(C)C2)s1. The molecule has 4 nitrogen and oxygen atoms in total. The second kappa shape index (κ2) is 5.83. The van der Waals surface area contributed by atoms with Crippen molar-refractivity contribution in [3.63, 3.8) is 0 Å². The molecule has 0 amide bonds. The van der Waals surface area contributed by atoms with Crippen LogP contribution in [0.25, 0.3) is 0 Å². The predicted molar refractivity (Wildman–Crippen MR) is 73.2 cm³/mol. The molecule has 2 heterocycles. The lowest BCUT2D eigenvalue weighted by Crippen LogP contribution is -2.53. The van der Waals surface area contributed by atoms with Crippen molar-refractivity contribution in [2.45, 2.75) is 45.2 Å². The third-order valence-electron chi connectivity index (χ3n) is 3.20. The second-order valence-electron chi connectivity index (χ2n) is 5.85. The summed E-state index contributed by atoms with van der Waals surface area (Å²) in [5, 5.41) is 9.66. The Bertz CT molecular complexity index is 502. The van der Waals surface area contributed by atoms with Gasteiger partial charge in [-0.25, -0.2) is 4.98 Å². The van der Waals surface area contributed by atoms with Crippen molar-refractivity contribution in [2.75, 3.05) is 19.7 Å². The highest BCUT2D eigenvalue weighted by molar-refractivity contribution is 7.11. The monoisotopic (exact) mass is 324 g/mol. The minimum atomic E-state index is -4.43. The van der Waals surface area contributed by atoms with Crippen molar-refractivity contribution in [3.05, 3.63) is 15.6 Å². The van der Waals surface area contributed by atoms with Gasteiger partial charge >= 0.3 is 6.18 Å². The Morgan fingerprint density at radius 3 is 2.71 bits per heavy atom. The number of ether oxygens (including phenoxy) is 1. The van der Waals surface area contributed by atoms with Crippen LogP contribution in [-0.4, -0.2) is 46.4 Å². The van der Waals surface area contributed by atoms with Gasteiger partial charge in [0.15, 0.2) is 5.69 Å². The Kier molecular flexibility index (Phi) is 4.63. The first-order valence-electron chi connectivity index (χ1n) is 6.65. The van der Waals surface area contributed by atoms with Crippen LogP contribution in [-0.2, 0) is 17.5 Å². The van der Waals surface area contributed by atoms with Crippen molar-refractivity contribution >= 4 is 11.3 Å². The van der Waals surface area contributed by atoms with Gasteiger partial charge in [0, 0.05) is 19.6 Å². The van der Waals surface area contributed by atoms with E-state index in [1.165, 1.54) is 0 Å². The lowest BCUT2D eigenvalue weighted by molar-refractivity contribution is -0.152. The summed E-state index contributed by atoms with van der Waals surface area (Å²) in [5.74, 6) is 0. The van der Waals surface area contributed by atoms with Gasteiger partial charge in [0.25, 0.3) is 0 Å². The molecule has 21 heavy (non-hydrogen) atoms. The van der Waals surface area contributed by atoms with Crippen LogP contribution >= 0.6 is 11.3 Å². The lowest BCUT2D eigenvalue weighted by Gasteiger charge is -2.42. The van der Waals surface area contributed by atoms with Crippen molar-refractivity contribution in [2.24, 2.45) is 0 Å². The maximum Gasteiger partial charge on any atom is 0.434 e. The number of aliphatic hydroxyl groups excluding tert-OH is 1. The fourth-order valence-electron chi connectivity index (χ4n) is 2.63. The average Bonchev–Trinajstić information content (AvgIpc) is 2.67. The summed E-state index contributed by atoms with van der Waals surface area (Å²) in [6.07, 6.45) is -4.81. The molecule has 120 valence electrons. The molecule has 0 aromatic carbocycles. The smallest absolute Gasteiger partial charge is 0.394 e. The van der Waals surface area contributed by atoms with Gasteiger partial charge in [0.05, 0.1) is 28.2 Å². The molecule has 2 rings (SSSR count). The molecule has 1 aliphatic heterocycles. The number of aliphatic hydroxyl groups is 1. The Hall–Kier alpha value is -0.700. The zero-order chi connectivity index (χ0) is 15.8. The van der Waals surface area contributed by atoms with Gasteiger partial charge < -0.3 is 9.84 Å². The minimum Gasteiger partial charge on any atom is -0.394 e. The Balaban J connectivity index is 2.18. The van der Waals surface area contributed by atoms with Gasteiger partial charge in [0.2, 0.25) is 0 Å². The molecule has 0 saturated carbocycles. The van der Waals surface area contributed by atoms with Crippen LogP contribution in [0.15, 0.2) is 0 Å². The number of morpholine rings is 1. The number of alkyl halides is 3. The number of hydrogen-bond acceptors (Lipinski definition) is 5. The van der Waals surface area contributed by atoms with Gasteiger partial charge in [0.1, 0.15) is 0 Å². The Labute approximate surface area is 125 Å². The van der Waals surface area contributed by atoms with E-state index < -0.39 is 17.5 Å².